The van der Waals surface area contributed by atoms with Crippen LogP contribution in [-0.2, 0) is 33.7 Å². The molecule has 2 amide bonds. The van der Waals surface area contributed by atoms with Gasteiger partial charge in [0.15, 0.2) is 0 Å². The highest BCUT2D eigenvalue weighted by Gasteiger charge is 2.30. The minimum Gasteiger partial charge on any atom is -0.383 e. The van der Waals surface area contributed by atoms with Gasteiger partial charge < -0.3 is 15.0 Å². The van der Waals surface area contributed by atoms with E-state index in [1.165, 1.54) is 0 Å². The van der Waals surface area contributed by atoms with E-state index in [0.717, 1.165) is 16.7 Å². The zero-order chi connectivity index (χ0) is 24.2. The summed E-state index contributed by atoms with van der Waals surface area (Å²) < 4.78 is 5.08. The van der Waals surface area contributed by atoms with E-state index >= 15 is 0 Å². The second kappa shape index (κ2) is 13.5. The number of carbonyl (C=O) groups is 2. The summed E-state index contributed by atoms with van der Waals surface area (Å²) in [5, 5.41) is 3.56. The normalized spacial score (nSPS) is 11.6. The lowest BCUT2D eigenvalue weighted by atomic mass is 10.0. The summed E-state index contributed by atoms with van der Waals surface area (Å²) in [4.78, 5) is 28.6. The molecule has 0 bridgehead atoms. The lowest BCUT2D eigenvalue weighted by molar-refractivity contribution is -0.141. The van der Waals surface area contributed by atoms with Gasteiger partial charge >= 0.3 is 0 Å². The average Bonchev–Trinajstić information content (AvgIpc) is 2.87. The van der Waals surface area contributed by atoms with Crippen molar-refractivity contribution in [1.29, 1.82) is 0 Å². The highest BCUT2D eigenvalue weighted by atomic mass is 35.5. The maximum absolute atomic E-state index is 13.5. The summed E-state index contributed by atoms with van der Waals surface area (Å²) in [6, 6.07) is 26.4. The fraction of sp³-hybridized carbons (Fsp3) is 0.286. The summed E-state index contributed by atoms with van der Waals surface area (Å²) in [5.74, 6) is -0.260. The van der Waals surface area contributed by atoms with E-state index in [9.17, 15) is 9.59 Å². The van der Waals surface area contributed by atoms with Crippen molar-refractivity contribution in [2.75, 3.05) is 20.3 Å². The Bertz CT molecular complexity index is 1030. The molecule has 1 atom stereocenters. The topological polar surface area (TPSA) is 58.6 Å². The zero-order valence-electron chi connectivity index (χ0n) is 19.5. The van der Waals surface area contributed by atoms with Crippen LogP contribution in [0.1, 0.15) is 23.1 Å². The van der Waals surface area contributed by atoms with Crippen LogP contribution in [0.5, 0.6) is 0 Å². The second-order valence-electron chi connectivity index (χ2n) is 8.12. The molecule has 0 heterocycles. The van der Waals surface area contributed by atoms with E-state index in [1.807, 2.05) is 72.8 Å². The SMILES string of the molecule is COCCNC(=O)C(Cc1ccccc1)N(Cc1ccc(Cl)cc1)C(=O)CCc1ccccc1. The standard InChI is InChI=1S/C28H31ClN2O3/c1-34-19-18-30-28(33)26(20-23-10-6-3-7-11-23)31(21-24-12-15-25(29)16-13-24)27(32)17-14-22-8-4-2-5-9-22/h2-13,15-16,26H,14,17-21H2,1H3,(H,30,33). The van der Waals surface area contributed by atoms with Gasteiger partial charge in [-0.25, -0.2) is 0 Å². The molecular formula is C28H31ClN2O3. The molecule has 5 nitrogen and oxygen atoms in total. The lowest BCUT2D eigenvalue weighted by Gasteiger charge is -2.31. The largest absolute Gasteiger partial charge is 0.383 e. The minimum absolute atomic E-state index is 0.0679. The van der Waals surface area contributed by atoms with Crippen molar-refractivity contribution in [3.63, 3.8) is 0 Å². The minimum atomic E-state index is -0.654. The number of benzene rings is 3. The van der Waals surface area contributed by atoms with E-state index < -0.39 is 6.04 Å². The molecule has 6 heteroatoms. The molecule has 0 radical (unpaired) electrons. The number of nitrogens with zero attached hydrogens (tertiary/aromatic N) is 1. The molecular weight excluding hydrogens is 448 g/mol. The van der Waals surface area contributed by atoms with Gasteiger partial charge in [0.2, 0.25) is 11.8 Å². The van der Waals surface area contributed by atoms with Gasteiger partial charge in [-0.15, -0.1) is 0 Å². The van der Waals surface area contributed by atoms with Gasteiger partial charge in [-0.05, 0) is 35.2 Å². The van der Waals surface area contributed by atoms with Crippen molar-refractivity contribution in [2.45, 2.75) is 31.8 Å². The first-order chi connectivity index (χ1) is 16.6. The first-order valence-corrected chi connectivity index (χ1v) is 11.8. The fourth-order valence-corrected chi connectivity index (χ4v) is 3.90. The monoisotopic (exact) mass is 478 g/mol. The van der Waals surface area contributed by atoms with Crippen LogP contribution in [0, 0.1) is 0 Å². The number of methoxy groups -OCH3 is 1. The third kappa shape index (κ3) is 8.01. The predicted octanol–water partition coefficient (Wildman–Crippen LogP) is 4.68. The zero-order valence-corrected chi connectivity index (χ0v) is 20.2. The number of aryl methyl sites for hydroxylation is 1. The summed E-state index contributed by atoms with van der Waals surface area (Å²) in [5.41, 5.74) is 3.00. The van der Waals surface area contributed by atoms with Crippen molar-refractivity contribution in [3.05, 3.63) is 107 Å². The number of carbonyl (C=O) groups excluding carboxylic acids is 2. The molecule has 1 N–H and O–H groups in total. The van der Waals surface area contributed by atoms with Crippen LogP contribution in [0.2, 0.25) is 5.02 Å². The Labute approximate surface area is 206 Å². The Balaban J connectivity index is 1.86. The molecule has 0 aliphatic carbocycles. The molecule has 0 saturated heterocycles. The quantitative estimate of drug-likeness (QED) is 0.385. The van der Waals surface area contributed by atoms with Crippen LogP contribution in [-0.4, -0.2) is 43.0 Å². The van der Waals surface area contributed by atoms with Crippen LogP contribution < -0.4 is 5.32 Å². The molecule has 0 spiro atoms. The first kappa shape index (κ1) is 25.5. The molecule has 0 aliphatic heterocycles. The van der Waals surface area contributed by atoms with Crippen molar-refractivity contribution >= 4 is 23.4 Å². The molecule has 3 aromatic carbocycles. The van der Waals surface area contributed by atoms with Gasteiger partial charge in [-0.1, -0.05) is 84.4 Å². The fourth-order valence-electron chi connectivity index (χ4n) is 3.77. The molecule has 0 fully saturated rings. The highest BCUT2D eigenvalue weighted by Crippen LogP contribution is 2.18. The molecule has 3 rings (SSSR count). The van der Waals surface area contributed by atoms with E-state index in [4.69, 9.17) is 16.3 Å². The van der Waals surface area contributed by atoms with Crippen LogP contribution in [0.15, 0.2) is 84.9 Å². The van der Waals surface area contributed by atoms with Crippen LogP contribution in [0.25, 0.3) is 0 Å². The van der Waals surface area contributed by atoms with E-state index in [0.29, 0.717) is 44.0 Å². The maximum Gasteiger partial charge on any atom is 0.243 e. The molecule has 3 aromatic rings. The van der Waals surface area contributed by atoms with Crippen molar-refractivity contribution in [1.82, 2.24) is 10.2 Å². The molecule has 0 aromatic heterocycles. The van der Waals surface area contributed by atoms with E-state index in [-0.39, 0.29) is 11.8 Å². The Morgan fingerprint density at radius 3 is 2.12 bits per heavy atom. The van der Waals surface area contributed by atoms with Crippen LogP contribution in [0.3, 0.4) is 0 Å². The number of ether oxygens (including phenoxy) is 1. The summed E-state index contributed by atoms with van der Waals surface area (Å²) >= 11 is 6.06. The third-order valence-electron chi connectivity index (χ3n) is 5.61. The predicted molar refractivity (Wildman–Crippen MR) is 136 cm³/mol. The Kier molecular flexibility index (Phi) is 10.1. The Morgan fingerprint density at radius 1 is 0.882 bits per heavy atom. The number of hydrogen-bond donors (Lipinski definition) is 1. The summed E-state index contributed by atoms with van der Waals surface area (Å²) in [6.07, 6.45) is 1.35. The smallest absolute Gasteiger partial charge is 0.243 e. The van der Waals surface area contributed by atoms with Gasteiger partial charge in [0, 0.05) is 38.1 Å². The number of nitrogens with one attached hydrogen (secondary N) is 1. The average molecular weight is 479 g/mol. The molecule has 0 aliphatic rings. The number of rotatable bonds is 12. The van der Waals surface area contributed by atoms with Gasteiger partial charge in [0.25, 0.3) is 0 Å². The van der Waals surface area contributed by atoms with Gasteiger partial charge in [0.1, 0.15) is 6.04 Å². The van der Waals surface area contributed by atoms with Crippen LogP contribution in [0.4, 0.5) is 0 Å². The molecule has 0 saturated carbocycles. The van der Waals surface area contributed by atoms with Crippen molar-refractivity contribution in [3.8, 4) is 0 Å². The number of hydrogen-bond acceptors (Lipinski definition) is 3. The maximum atomic E-state index is 13.5. The Hall–Kier alpha value is -3.15. The van der Waals surface area contributed by atoms with Crippen LogP contribution >= 0.6 is 11.6 Å². The lowest BCUT2D eigenvalue weighted by Crippen LogP contribution is -2.51. The van der Waals surface area contributed by atoms with E-state index in [2.05, 4.69) is 5.32 Å². The van der Waals surface area contributed by atoms with Crippen molar-refractivity contribution in [2.24, 2.45) is 0 Å². The summed E-state index contributed by atoms with van der Waals surface area (Å²) in [7, 11) is 1.59. The number of halogens is 1. The van der Waals surface area contributed by atoms with E-state index in [1.54, 1.807) is 24.1 Å². The highest BCUT2D eigenvalue weighted by molar-refractivity contribution is 6.30. The molecule has 1 unspecified atom stereocenters. The summed E-state index contributed by atoms with van der Waals surface area (Å²) in [6.45, 7) is 1.11. The number of amides is 2. The molecule has 178 valence electrons. The third-order valence-corrected chi connectivity index (χ3v) is 5.87. The second-order valence-corrected chi connectivity index (χ2v) is 8.56. The van der Waals surface area contributed by atoms with Crippen molar-refractivity contribution < 1.29 is 14.3 Å². The van der Waals surface area contributed by atoms with Gasteiger partial charge in [-0.2, -0.15) is 0 Å². The van der Waals surface area contributed by atoms with Gasteiger partial charge in [-0.3, -0.25) is 9.59 Å². The van der Waals surface area contributed by atoms with Gasteiger partial charge in [0.05, 0.1) is 6.61 Å². The molecule has 34 heavy (non-hydrogen) atoms. The first-order valence-electron chi connectivity index (χ1n) is 11.4. The Morgan fingerprint density at radius 2 is 1.50 bits per heavy atom.